The van der Waals surface area contributed by atoms with Crippen LogP contribution in [0.25, 0.3) is 0 Å². The van der Waals surface area contributed by atoms with Crippen molar-refractivity contribution in [2.24, 2.45) is 0 Å². The predicted octanol–water partition coefficient (Wildman–Crippen LogP) is 0.738. The van der Waals surface area contributed by atoms with Crippen molar-refractivity contribution in [3.8, 4) is 0 Å². The molecule has 80 valence electrons. The van der Waals surface area contributed by atoms with E-state index in [1.54, 1.807) is 20.1 Å². The van der Waals surface area contributed by atoms with Crippen molar-refractivity contribution < 1.29 is 14.6 Å². The van der Waals surface area contributed by atoms with Gasteiger partial charge in [0.2, 0.25) is 0 Å². The fourth-order valence-electron chi connectivity index (χ4n) is 1.51. The predicted molar refractivity (Wildman–Crippen MR) is 53.2 cm³/mol. The van der Waals surface area contributed by atoms with E-state index in [2.05, 4.69) is 4.90 Å². The largest absolute Gasteiger partial charge is 0.478 e. The minimum Gasteiger partial charge on any atom is -0.478 e. The van der Waals surface area contributed by atoms with Gasteiger partial charge in [0, 0.05) is 32.3 Å². The van der Waals surface area contributed by atoms with Crippen LogP contribution in [-0.4, -0.2) is 48.8 Å². The average molecular weight is 199 g/mol. The summed E-state index contributed by atoms with van der Waals surface area (Å²) in [7, 11) is 1.71. The summed E-state index contributed by atoms with van der Waals surface area (Å²) in [5.41, 5.74) is 0.408. The summed E-state index contributed by atoms with van der Waals surface area (Å²) in [4.78, 5) is 12.7. The van der Waals surface area contributed by atoms with E-state index in [9.17, 15) is 4.79 Å². The summed E-state index contributed by atoms with van der Waals surface area (Å²) in [5, 5.41) is 8.64. The van der Waals surface area contributed by atoms with Crippen molar-refractivity contribution >= 4 is 5.97 Å². The van der Waals surface area contributed by atoms with E-state index in [4.69, 9.17) is 9.84 Å². The first-order valence-corrected chi connectivity index (χ1v) is 4.78. The van der Waals surface area contributed by atoms with Gasteiger partial charge in [-0.3, -0.25) is 4.90 Å². The Morgan fingerprint density at radius 3 is 2.93 bits per heavy atom. The highest BCUT2D eigenvalue weighted by Gasteiger charge is 2.20. The monoisotopic (exact) mass is 199 g/mol. The molecule has 0 amide bonds. The summed E-state index contributed by atoms with van der Waals surface area (Å²) >= 11 is 0. The highest BCUT2D eigenvalue weighted by atomic mass is 16.5. The van der Waals surface area contributed by atoms with E-state index in [0.717, 1.165) is 19.5 Å². The van der Waals surface area contributed by atoms with E-state index >= 15 is 0 Å². The summed E-state index contributed by atoms with van der Waals surface area (Å²) in [6.45, 7) is 4.21. The number of rotatable bonds is 4. The lowest BCUT2D eigenvalue weighted by atomic mass is 10.3. The molecule has 1 N–H and O–H groups in total. The number of carboxylic acids is 1. The fraction of sp³-hybridized carbons (Fsp3) is 0.700. The van der Waals surface area contributed by atoms with Crippen LogP contribution < -0.4 is 0 Å². The maximum Gasteiger partial charge on any atom is 0.330 e. The highest BCUT2D eigenvalue weighted by molar-refractivity contribution is 5.85. The van der Waals surface area contributed by atoms with Crippen LogP contribution in [0.3, 0.4) is 0 Å². The molecule has 1 heterocycles. The third kappa shape index (κ3) is 3.12. The Balaban J connectivity index is 2.33. The molecule has 1 aliphatic heterocycles. The summed E-state index contributed by atoms with van der Waals surface area (Å²) in [6, 6.07) is 0. The van der Waals surface area contributed by atoms with Crippen LogP contribution >= 0.6 is 0 Å². The third-order valence-corrected chi connectivity index (χ3v) is 2.56. The number of nitrogens with zero attached hydrogens (tertiary/aromatic N) is 1. The van der Waals surface area contributed by atoms with Gasteiger partial charge in [0.1, 0.15) is 0 Å². The number of carboxylic acid groups (broad SMARTS) is 1. The lowest BCUT2D eigenvalue weighted by molar-refractivity contribution is -0.132. The second kappa shape index (κ2) is 5.12. The van der Waals surface area contributed by atoms with Crippen LogP contribution in [0.4, 0.5) is 0 Å². The molecular formula is C10H17NO3. The standard InChI is InChI=1S/C10H17NO3/c1-8(10(12)13)3-5-11-6-4-9(7-11)14-2/h3,9H,4-7H2,1-2H3,(H,12,13)/b8-3-. The molecule has 1 saturated heterocycles. The quantitative estimate of drug-likeness (QED) is 0.678. The zero-order valence-electron chi connectivity index (χ0n) is 8.69. The molecule has 1 unspecified atom stereocenters. The van der Waals surface area contributed by atoms with Gasteiger partial charge in [-0.2, -0.15) is 0 Å². The summed E-state index contributed by atoms with van der Waals surface area (Å²) < 4.78 is 5.22. The molecule has 1 rings (SSSR count). The van der Waals surface area contributed by atoms with Crippen LogP contribution in [0.1, 0.15) is 13.3 Å². The zero-order valence-corrected chi connectivity index (χ0v) is 8.69. The van der Waals surface area contributed by atoms with Crippen molar-refractivity contribution in [2.75, 3.05) is 26.7 Å². The maximum atomic E-state index is 10.5. The van der Waals surface area contributed by atoms with E-state index in [0.29, 0.717) is 18.2 Å². The molecule has 14 heavy (non-hydrogen) atoms. The molecule has 4 heteroatoms. The molecule has 0 radical (unpaired) electrons. The van der Waals surface area contributed by atoms with Crippen molar-refractivity contribution in [3.63, 3.8) is 0 Å². The van der Waals surface area contributed by atoms with Crippen molar-refractivity contribution in [2.45, 2.75) is 19.4 Å². The minimum atomic E-state index is -0.840. The third-order valence-electron chi connectivity index (χ3n) is 2.56. The molecule has 0 spiro atoms. The molecule has 0 saturated carbocycles. The number of carbonyl (C=O) groups is 1. The number of hydrogen-bond donors (Lipinski definition) is 1. The first-order chi connectivity index (χ1) is 6.63. The fourth-order valence-corrected chi connectivity index (χ4v) is 1.51. The van der Waals surface area contributed by atoms with Crippen LogP contribution in [0, 0.1) is 0 Å². The first kappa shape index (κ1) is 11.2. The number of likely N-dealkylation sites (tertiary alicyclic amines) is 1. The number of methoxy groups -OCH3 is 1. The molecule has 0 aliphatic carbocycles. The van der Waals surface area contributed by atoms with Gasteiger partial charge in [0.05, 0.1) is 6.10 Å². The molecule has 0 bridgehead atoms. The minimum absolute atomic E-state index is 0.313. The Hall–Kier alpha value is -0.870. The van der Waals surface area contributed by atoms with E-state index in [-0.39, 0.29) is 0 Å². The molecule has 4 nitrogen and oxygen atoms in total. The Morgan fingerprint density at radius 2 is 2.43 bits per heavy atom. The van der Waals surface area contributed by atoms with E-state index in [1.807, 2.05) is 0 Å². The molecular weight excluding hydrogens is 182 g/mol. The van der Waals surface area contributed by atoms with Crippen LogP contribution in [-0.2, 0) is 9.53 Å². The van der Waals surface area contributed by atoms with Gasteiger partial charge >= 0.3 is 5.97 Å². The zero-order chi connectivity index (χ0) is 10.6. The number of ether oxygens (including phenoxy) is 1. The molecule has 1 atom stereocenters. The highest BCUT2D eigenvalue weighted by Crippen LogP contribution is 2.11. The first-order valence-electron chi connectivity index (χ1n) is 4.78. The molecule has 1 aliphatic rings. The van der Waals surface area contributed by atoms with Gasteiger partial charge in [-0.05, 0) is 13.3 Å². The normalized spacial score (nSPS) is 24.1. The van der Waals surface area contributed by atoms with Crippen LogP contribution in [0.15, 0.2) is 11.6 Å². The lowest BCUT2D eigenvalue weighted by Crippen LogP contribution is -2.23. The van der Waals surface area contributed by atoms with Crippen LogP contribution in [0.5, 0.6) is 0 Å². The molecule has 1 fully saturated rings. The SMILES string of the molecule is COC1CCN(C/C=C(/C)C(=O)O)C1. The molecule has 0 aromatic carbocycles. The Kier molecular flexibility index (Phi) is 4.10. The maximum absolute atomic E-state index is 10.5. The average Bonchev–Trinajstić information content (AvgIpc) is 2.61. The Bertz CT molecular complexity index is 238. The molecule has 0 aromatic heterocycles. The summed E-state index contributed by atoms with van der Waals surface area (Å²) in [6.07, 6.45) is 3.10. The van der Waals surface area contributed by atoms with Gasteiger partial charge < -0.3 is 9.84 Å². The van der Waals surface area contributed by atoms with Gasteiger partial charge in [0.25, 0.3) is 0 Å². The van der Waals surface area contributed by atoms with E-state index in [1.165, 1.54) is 0 Å². The van der Waals surface area contributed by atoms with E-state index < -0.39 is 5.97 Å². The Morgan fingerprint density at radius 1 is 1.71 bits per heavy atom. The van der Waals surface area contributed by atoms with Gasteiger partial charge in [-0.25, -0.2) is 4.79 Å². The van der Waals surface area contributed by atoms with Gasteiger partial charge in [-0.1, -0.05) is 6.08 Å². The number of aliphatic carboxylic acids is 1. The molecule has 0 aromatic rings. The van der Waals surface area contributed by atoms with Crippen molar-refractivity contribution in [3.05, 3.63) is 11.6 Å². The van der Waals surface area contributed by atoms with Gasteiger partial charge in [0.15, 0.2) is 0 Å². The second-order valence-corrected chi connectivity index (χ2v) is 3.60. The van der Waals surface area contributed by atoms with Gasteiger partial charge in [-0.15, -0.1) is 0 Å². The Labute approximate surface area is 84.2 Å². The number of hydrogen-bond acceptors (Lipinski definition) is 3. The van der Waals surface area contributed by atoms with Crippen molar-refractivity contribution in [1.29, 1.82) is 0 Å². The lowest BCUT2D eigenvalue weighted by Gasteiger charge is -2.12. The smallest absolute Gasteiger partial charge is 0.330 e. The second-order valence-electron chi connectivity index (χ2n) is 3.60. The summed E-state index contributed by atoms with van der Waals surface area (Å²) in [5.74, 6) is -0.840. The topological polar surface area (TPSA) is 49.8 Å². The van der Waals surface area contributed by atoms with Crippen molar-refractivity contribution in [1.82, 2.24) is 4.90 Å². The van der Waals surface area contributed by atoms with Crippen LogP contribution in [0.2, 0.25) is 0 Å².